The molecule has 0 N–H and O–H groups in total. The summed E-state index contributed by atoms with van der Waals surface area (Å²) in [7, 11) is -3.62. The van der Waals surface area contributed by atoms with Crippen LogP contribution >= 0.6 is 0 Å². The highest BCUT2D eigenvalue weighted by atomic mass is 32.2. The van der Waals surface area contributed by atoms with Crippen molar-refractivity contribution in [1.29, 1.82) is 0 Å². The highest BCUT2D eigenvalue weighted by Crippen LogP contribution is 2.30. The van der Waals surface area contributed by atoms with Crippen LogP contribution < -0.4 is 10.5 Å². The van der Waals surface area contributed by atoms with Gasteiger partial charge in [-0.3, -0.25) is 4.79 Å². The average molecular weight is 559 g/mol. The largest absolute Gasteiger partial charge is 0.367 e. The summed E-state index contributed by atoms with van der Waals surface area (Å²) in [4.78, 5) is 15.3. The molecule has 7 nitrogen and oxygen atoms in total. The molecular weight excluding hydrogens is 536 g/mol. The van der Waals surface area contributed by atoms with Crippen molar-refractivity contribution in [3.8, 4) is 16.8 Å². The molecule has 39 heavy (non-hydrogen) atoms. The van der Waals surface area contributed by atoms with Gasteiger partial charge >= 0.3 is 0 Å². The van der Waals surface area contributed by atoms with Crippen molar-refractivity contribution >= 4 is 15.7 Å². The molecule has 2 heterocycles. The zero-order valence-electron chi connectivity index (χ0n) is 20.4. The lowest BCUT2D eigenvalue weighted by Crippen LogP contribution is -2.49. The molecule has 4 aromatic rings. The molecule has 0 saturated carbocycles. The van der Waals surface area contributed by atoms with E-state index in [9.17, 15) is 30.8 Å². The smallest absolute Gasteiger partial charge is 0.281 e. The van der Waals surface area contributed by atoms with Crippen LogP contribution in [0.3, 0.4) is 0 Å². The number of rotatable bonds is 6. The van der Waals surface area contributed by atoms with Crippen molar-refractivity contribution in [3.63, 3.8) is 0 Å². The van der Waals surface area contributed by atoms with Gasteiger partial charge in [0.25, 0.3) is 5.56 Å². The number of anilines is 1. The number of sulfonamides is 1. The fourth-order valence-electron chi connectivity index (χ4n) is 4.58. The maximum atomic E-state index is 14.2. The molecule has 0 bridgehead atoms. The fourth-order valence-corrected chi connectivity index (χ4v) is 6.10. The van der Waals surface area contributed by atoms with Gasteiger partial charge in [0, 0.05) is 38.3 Å². The molecule has 0 aliphatic carbocycles. The Morgan fingerprint density at radius 3 is 1.92 bits per heavy atom. The predicted octanol–water partition coefficient (Wildman–Crippen LogP) is 4.11. The molecule has 1 aliphatic heterocycles. The first kappa shape index (κ1) is 26.6. The summed E-state index contributed by atoms with van der Waals surface area (Å²) in [6, 6.07) is 13.8. The van der Waals surface area contributed by atoms with Gasteiger partial charge in [-0.25, -0.2) is 26.0 Å². The van der Waals surface area contributed by atoms with Crippen LogP contribution in [0.25, 0.3) is 16.8 Å². The van der Waals surface area contributed by atoms with Crippen LogP contribution in [-0.4, -0.2) is 48.7 Å². The van der Waals surface area contributed by atoms with E-state index in [1.54, 1.807) is 35.2 Å². The SMILES string of the molecule is O=c1c(-c2cc(F)cc(F)c2)c(N2CCN(S(=O)(=O)Cc3ccccc3)CC2)cnn1-c1cc(F)cc(F)c1. The Hall–Kier alpha value is -4.03. The zero-order valence-corrected chi connectivity index (χ0v) is 21.2. The average Bonchev–Trinajstić information content (AvgIpc) is 2.87. The number of benzene rings is 3. The molecule has 0 spiro atoms. The maximum Gasteiger partial charge on any atom is 0.281 e. The van der Waals surface area contributed by atoms with Crippen LogP contribution in [-0.2, 0) is 15.8 Å². The van der Waals surface area contributed by atoms with E-state index in [-0.39, 0.29) is 54.4 Å². The van der Waals surface area contributed by atoms with Gasteiger partial charge in [0.05, 0.1) is 28.9 Å². The Balaban J connectivity index is 1.50. The van der Waals surface area contributed by atoms with E-state index in [2.05, 4.69) is 5.10 Å². The van der Waals surface area contributed by atoms with E-state index in [1.165, 1.54) is 10.5 Å². The molecule has 0 amide bonds. The minimum absolute atomic E-state index is 0.0975. The number of hydrogen-bond donors (Lipinski definition) is 0. The highest BCUT2D eigenvalue weighted by Gasteiger charge is 2.29. The number of hydrogen-bond acceptors (Lipinski definition) is 5. The third-order valence-corrected chi connectivity index (χ3v) is 8.22. The Morgan fingerprint density at radius 2 is 1.33 bits per heavy atom. The van der Waals surface area contributed by atoms with Crippen molar-refractivity contribution in [2.75, 3.05) is 31.1 Å². The molecule has 5 rings (SSSR count). The van der Waals surface area contributed by atoms with E-state index in [4.69, 9.17) is 0 Å². The second-order valence-corrected chi connectivity index (χ2v) is 11.0. The molecule has 202 valence electrons. The second kappa shape index (κ2) is 10.6. The van der Waals surface area contributed by atoms with Gasteiger partial charge in [-0.1, -0.05) is 30.3 Å². The first-order valence-corrected chi connectivity index (χ1v) is 13.5. The van der Waals surface area contributed by atoms with Crippen molar-refractivity contribution in [1.82, 2.24) is 14.1 Å². The van der Waals surface area contributed by atoms with Gasteiger partial charge in [-0.2, -0.15) is 14.1 Å². The van der Waals surface area contributed by atoms with Gasteiger partial charge in [0.1, 0.15) is 23.3 Å². The standard InChI is InChI=1S/C27H22F4N4O3S/c28-20-10-19(11-21(29)12-20)26-25(16-32-35(27(26)36)24-14-22(30)13-23(31)15-24)33-6-8-34(9-7-33)39(37,38)17-18-4-2-1-3-5-18/h1-5,10-16H,6-9,17H2. The molecule has 0 radical (unpaired) electrons. The summed E-state index contributed by atoms with van der Waals surface area (Å²) in [5.41, 5.74) is -0.455. The van der Waals surface area contributed by atoms with Crippen LogP contribution in [0.4, 0.5) is 23.2 Å². The van der Waals surface area contributed by atoms with E-state index in [0.717, 1.165) is 28.9 Å². The van der Waals surface area contributed by atoms with Gasteiger partial charge in [0.15, 0.2) is 0 Å². The maximum absolute atomic E-state index is 14.2. The molecule has 1 fully saturated rings. The van der Waals surface area contributed by atoms with Crippen LogP contribution in [0.5, 0.6) is 0 Å². The molecular formula is C27H22F4N4O3S. The van der Waals surface area contributed by atoms with Gasteiger partial charge < -0.3 is 4.90 Å². The van der Waals surface area contributed by atoms with E-state index < -0.39 is 38.9 Å². The lowest BCUT2D eigenvalue weighted by atomic mass is 10.0. The molecule has 1 saturated heterocycles. The fraction of sp³-hybridized carbons (Fsp3) is 0.185. The molecule has 1 aliphatic rings. The van der Waals surface area contributed by atoms with Crippen LogP contribution in [0.1, 0.15) is 5.56 Å². The lowest BCUT2D eigenvalue weighted by molar-refractivity contribution is 0.384. The summed E-state index contributed by atoms with van der Waals surface area (Å²) in [6.45, 7) is 0.533. The zero-order chi connectivity index (χ0) is 27.7. The third-order valence-electron chi connectivity index (χ3n) is 6.37. The normalized spacial score (nSPS) is 14.5. The van der Waals surface area contributed by atoms with Crippen molar-refractivity contribution in [2.24, 2.45) is 0 Å². The van der Waals surface area contributed by atoms with E-state index in [1.807, 2.05) is 0 Å². The minimum Gasteiger partial charge on any atom is -0.367 e. The first-order chi connectivity index (χ1) is 18.6. The Bertz CT molecular complexity index is 1650. The second-order valence-electron chi connectivity index (χ2n) is 9.04. The molecule has 12 heteroatoms. The molecule has 0 unspecified atom stereocenters. The Kier molecular flexibility index (Phi) is 7.23. The van der Waals surface area contributed by atoms with Crippen LogP contribution in [0, 0.1) is 23.3 Å². The number of nitrogens with zero attached hydrogens (tertiary/aromatic N) is 4. The van der Waals surface area contributed by atoms with Crippen molar-refractivity contribution in [2.45, 2.75) is 5.75 Å². The van der Waals surface area contributed by atoms with Crippen LogP contribution in [0.15, 0.2) is 77.7 Å². The van der Waals surface area contributed by atoms with Gasteiger partial charge in [-0.05, 0) is 35.4 Å². The first-order valence-electron chi connectivity index (χ1n) is 11.9. The summed E-state index contributed by atoms with van der Waals surface area (Å²) >= 11 is 0. The summed E-state index contributed by atoms with van der Waals surface area (Å²) in [6.07, 6.45) is 1.26. The van der Waals surface area contributed by atoms with Crippen molar-refractivity contribution in [3.05, 3.63) is 112 Å². The van der Waals surface area contributed by atoms with Crippen LogP contribution in [0.2, 0.25) is 0 Å². The Labute approximate surface area is 221 Å². The van der Waals surface area contributed by atoms with E-state index >= 15 is 0 Å². The summed E-state index contributed by atoms with van der Waals surface area (Å²) in [5, 5.41) is 4.07. The molecule has 1 aromatic heterocycles. The highest BCUT2D eigenvalue weighted by molar-refractivity contribution is 7.88. The van der Waals surface area contributed by atoms with E-state index in [0.29, 0.717) is 17.7 Å². The monoisotopic (exact) mass is 558 g/mol. The molecule has 0 atom stereocenters. The lowest BCUT2D eigenvalue weighted by Gasteiger charge is -2.36. The summed E-state index contributed by atoms with van der Waals surface area (Å²) in [5.74, 6) is -3.88. The number of piperazine rings is 1. The quantitative estimate of drug-likeness (QED) is 0.333. The predicted molar refractivity (Wildman–Crippen MR) is 138 cm³/mol. The molecule has 3 aromatic carbocycles. The number of aromatic nitrogens is 2. The third kappa shape index (κ3) is 5.71. The Morgan fingerprint density at radius 1 is 0.769 bits per heavy atom. The van der Waals surface area contributed by atoms with Gasteiger partial charge in [0.2, 0.25) is 10.0 Å². The minimum atomic E-state index is -3.62. The number of halogens is 4. The van der Waals surface area contributed by atoms with Crippen molar-refractivity contribution < 1.29 is 26.0 Å². The van der Waals surface area contributed by atoms with Gasteiger partial charge in [-0.15, -0.1) is 0 Å². The summed E-state index contributed by atoms with van der Waals surface area (Å²) < 4.78 is 84.1. The topological polar surface area (TPSA) is 75.5 Å².